The molecule has 0 saturated heterocycles. The van der Waals surface area contributed by atoms with Crippen LogP contribution in [0.1, 0.15) is 32.6 Å². The van der Waals surface area contributed by atoms with E-state index in [0.29, 0.717) is 16.7 Å². The summed E-state index contributed by atoms with van der Waals surface area (Å²) in [6, 6.07) is 12.0. The van der Waals surface area contributed by atoms with Crippen LogP contribution < -0.4 is 0 Å². The van der Waals surface area contributed by atoms with Gasteiger partial charge in [-0.2, -0.15) is 0 Å². The van der Waals surface area contributed by atoms with E-state index in [4.69, 9.17) is 4.74 Å². The average Bonchev–Trinajstić information content (AvgIpc) is 2.79. The van der Waals surface area contributed by atoms with Crippen LogP contribution in [0.25, 0.3) is 11.5 Å². The number of nitro groups is 1. The molecule has 110 valence electrons. The first-order valence-corrected chi connectivity index (χ1v) is 6.77. The number of ether oxygens (including phenoxy) is 1. The summed E-state index contributed by atoms with van der Waals surface area (Å²) in [6.45, 7) is 3.72. The zero-order chi connectivity index (χ0) is 15.9. The highest BCUT2D eigenvalue weighted by atomic mass is 16.6. The Kier molecular flexibility index (Phi) is 3.25. The lowest BCUT2D eigenvalue weighted by Crippen LogP contribution is -2.04. The van der Waals surface area contributed by atoms with Gasteiger partial charge in [0.15, 0.2) is 0 Å². The number of hydrogen-bond donors (Lipinski definition) is 0. The van der Waals surface area contributed by atoms with Crippen molar-refractivity contribution in [2.75, 3.05) is 0 Å². The van der Waals surface area contributed by atoms with Crippen LogP contribution in [0.5, 0.6) is 0 Å². The first-order valence-electron chi connectivity index (χ1n) is 6.77. The fraction of sp³-hybridized carbons (Fsp3) is 0.118. The molecule has 1 heterocycles. The van der Waals surface area contributed by atoms with Crippen molar-refractivity contribution in [1.82, 2.24) is 0 Å². The molecule has 0 aromatic heterocycles. The standard InChI is InChI=1S/C17H13NO4/c1-10-7-8-12(11(2)9-10)15(18(20)21)16-13-5-3-4-6-14(13)17(19)22-16/h3-9H,1-2H3. The van der Waals surface area contributed by atoms with Gasteiger partial charge in [0, 0.05) is 5.56 Å². The van der Waals surface area contributed by atoms with Crippen LogP contribution in [0.15, 0.2) is 42.5 Å². The number of benzene rings is 2. The smallest absolute Gasteiger partial charge is 0.344 e. The molecule has 0 amide bonds. The Labute approximate surface area is 127 Å². The molecule has 1 aliphatic rings. The van der Waals surface area contributed by atoms with Gasteiger partial charge in [-0.25, -0.2) is 4.79 Å². The number of aryl methyl sites for hydroxylation is 2. The van der Waals surface area contributed by atoms with Crippen LogP contribution in [0.3, 0.4) is 0 Å². The zero-order valence-corrected chi connectivity index (χ0v) is 12.1. The van der Waals surface area contributed by atoms with E-state index < -0.39 is 10.9 Å². The molecule has 0 unspecified atom stereocenters. The average molecular weight is 295 g/mol. The summed E-state index contributed by atoms with van der Waals surface area (Å²) in [5.74, 6) is -0.549. The summed E-state index contributed by atoms with van der Waals surface area (Å²) < 4.78 is 5.19. The van der Waals surface area contributed by atoms with E-state index in [2.05, 4.69) is 0 Å². The maximum absolute atomic E-state index is 11.9. The van der Waals surface area contributed by atoms with Gasteiger partial charge < -0.3 is 4.74 Å². The molecule has 22 heavy (non-hydrogen) atoms. The van der Waals surface area contributed by atoms with Crippen LogP contribution in [0.2, 0.25) is 0 Å². The third kappa shape index (κ3) is 2.16. The monoisotopic (exact) mass is 295 g/mol. The van der Waals surface area contributed by atoms with Gasteiger partial charge in [0.1, 0.15) is 0 Å². The molecule has 0 aliphatic carbocycles. The Bertz CT molecular complexity index is 836. The van der Waals surface area contributed by atoms with E-state index in [1.165, 1.54) is 0 Å². The number of carbonyl (C=O) groups is 1. The first-order chi connectivity index (χ1) is 10.5. The topological polar surface area (TPSA) is 69.4 Å². The summed E-state index contributed by atoms with van der Waals surface area (Å²) >= 11 is 0. The van der Waals surface area contributed by atoms with Gasteiger partial charge in [0.05, 0.1) is 16.1 Å². The summed E-state index contributed by atoms with van der Waals surface area (Å²) in [5.41, 5.74) is 2.85. The molecule has 5 heteroatoms. The predicted molar refractivity (Wildman–Crippen MR) is 81.6 cm³/mol. The second-order valence-electron chi connectivity index (χ2n) is 5.19. The molecule has 2 aromatic rings. The predicted octanol–water partition coefficient (Wildman–Crippen LogP) is 3.58. The Morgan fingerprint density at radius 2 is 1.77 bits per heavy atom. The highest BCUT2D eigenvalue weighted by Gasteiger charge is 2.35. The van der Waals surface area contributed by atoms with Crippen molar-refractivity contribution in [2.24, 2.45) is 0 Å². The normalized spacial score (nSPS) is 15.3. The Morgan fingerprint density at radius 1 is 1.09 bits per heavy atom. The van der Waals surface area contributed by atoms with Crippen molar-refractivity contribution in [3.05, 3.63) is 80.4 Å². The van der Waals surface area contributed by atoms with E-state index in [1.807, 2.05) is 13.0 Å². The number of fused-ring (bicyclic) bond motifs is 1. The lowest BCUT2D eigenvalue weighted by Gasteiger charge is -2.07. The quantitative estimate of drug-likeness (QED) is 0.482. The van der Waals surface area contributed by atoms with Gasteiger partial charge in [0.25, 0.3) is 0 Å². The van der Waals surface area contributed by atoms with Crippen LogP contribution in [-0.4, -0.2) is 10.9 Å². The fourth-order valence-corrected chi connectivity index (χ4v) is 2.62. The van der Waals surface area contributed by atoms with Gasteiger partial charge in [-0.15, -0.1) is 0 Å². The van der Waals surface area contributed by atoms with E-state index in [0.717, 1.165) is 11.1 Å². The second kappa shape index (κ2) is 5.11. The van der Waals surface area contributed by atoms with E-state index in [1.54, 1.807) is 43.3 Å². The number of esters is 1. The van der Waals surface area contributed by atoms with Crippen molar-refractivity contribution in [2.45, 2.75) is 13.8 Å². The van der Waals surface area contributed by atoms with Crippen LogP contribution in [-0.2, 0) is 4.74 Å². The minimum atomic E-state index is -0.560. The lowest BCUT2D eigenvalue weighted by molar-refractivity contribution is -0.375. The number of hydrogen-bond acceptors (Lipinski definition) is 4. The molecule has 0 radical (unpaired) electrons. The van der Waals surface area contributed by atoms with E-state index in [9.17, 15) is 14.9 Å². The van der Waals surface area contributed by atoms with Crippen molar-refractivity contribution in [1.29, 1.82) is 0 Å². The molecular weight excluding hydrogens is 282 g/mol. The van der Waals surface area contributed by atoms with Gasteiger partial charge in [0.2, 0.25) is 5.76 Å². The van der Waals surface area contributed by atoms with E-state index in [-0.39, 0.29) is 11.5 Å². The van der Waals surface area contributed by atoms with Crippen LogP contribution >= 0.6 is 0 Å². The SMILES string of the molecule is Cc1ccc(C(=C2OC(=O)c3ccccc32)[N+](=O)[O-])c(C)c1. The fourth-order valence-electron chi connectivity index (χ4n) is 2.62. The van der Waals surface area contributed by atoms with Crippen molar-refractivity contribution < 1.29 is 14.5 Å². The molecule has 0 atom stereocenters. The molecule has 0 spiro atoms. The minimum absolute atomic E-state index is 0.0116. The molecule has 0 saturated carbocycles. The second-order valence-corrected chi connectivity index (χ2v) is 5.19. The highest BCUT2D eigenvalue weighted by Crippen LogP contribution is 2.36. The highest BCUT2D eigenvalue weighted by molar-refractivity contribution is 6.07. The summed E-state index contributed by atoms with van der Waals surface area (Å²) in [7, 11) is 0. The van der Waals surface area contributed by atoms with Crippen LogP contribution in [0.4, 0.5) is 0 Å². The maximum atomic E-state index is 11.9. The van der Waals surface area contributed by atoms with Gasteiger partial charge in [-0.3, -0.25) is 10.1 Å². The van der Waals surface area contributed by atoms with Gasteiger partial charge >= 0.3 is 11.7 Å². The molecule has 3 rings (SSSR count). The molecular formula is C17H13NO4. The first kappa shape index (κ1) is 14.0. The minimum Gasteiger partial charge on any atom is -0.415 e. The largest absolute Gasteiger partial charge is 0.415 e. The van der Waals surface area contributed by atoms with E-state index >= 15 is 0 Å². The summed E-state index contributed by atoms with van der Waals surface area (Å²) in [6.07, 6.45) is 0. The third-order valence-electron chi connectivity index (χ3n) is 3.62. The van der Waals surface area contributed by atoms with Gasteiger partial charge in [-0.05, 0) is 31.5 Å². The molecule has 2 aromatic carbocycles. The molecule has 0 fully saturated rings. The molecule has 0 N–H and O–H groups in total. The molecule has 0 bridgehead atoms. The molecule has 5 nitrogen and oxygen atoms in total. The number of rotatable bonds is 2. The number of cyclic esters (lactones) is 1. The zero-order valence-electron chi connectivity index (χ0n) is 12.1. The summed E-state index contributed by atoms with van der Waals surface area (Å²) in [4.78, 5) is 23.0. The lowest BCUT2D eigenvalue weighted by atomic mass is 10.00. The summed E-state index contributed by atoms with van der Waals surface area (Å²) in [5, 5.41) is 11.6. The van der Waals surface area contributed by atoms with Crippen molar-refractivity contribution >= 4 is 17.4 Å². The third-order valence-corrected chi connectivity index (χ3v) is 3.62. The Morgan fingerprint density at radius 3 is 2.41 bits per heavy atom. The van der Waals surface area contributed by atoms with Crippen LogP contribution in [0, 0.1) is 24.0 Å². The number of nitrogens with zero attached hydrogens (tertiary/aromatic N) is 1. The Balaban J connectivity index is 2.29. The molecule has 1 aliphatic heterocycles. The number of carbonyl (C=O) groups excluding carboxylic acids is 1. The Hall–Kier alpha value is -2.95. The maximum Gasteiger partial charge on any atom is 0.344 e. The van der Waals surface area contributed by atoms with Crippen molar-refractivity contribution in [3.63, 3.8) is 0 Å². The van der Waals surface area contributed by atoms with Crippen molar-refractivity contribution in [3.8, 4) is 0 Å². The van der Waals surface area contributed by atoms with Gasteiger partial charge in [-0.1, -0.05) is 35.9 Å².